The number of methoxy groups -OCH3 is 1. The van der Waals surface area contributed by atoms with E-state index in [-0.39, 0.29) is 11.8 Å². The fourth-order valence-corrected chi connectivity index (χ4v) is 3.18. The molecule has 0 aliphatic carbocycles. The Balaban J connectivity index is 2.12. The van der Waals surface area contributed by atoms with E-state index in [9.17, 15) is 9.59 Å². The first-order valence-corrected chi connectivity index (χ1v) is 8.52. The molecule has 1 heterocycles. The fraction of sp³-hybridized carbons (Fsp3) is 0.579. The Bertz CT molecular complexity index is 627. The van der Waals surface area contributed by atoms with Gasteiger partial charge in [-0.1, -0.05) is 33.3 Å². The predicted molar refractivity (Wildman–Crippen MR) is 95.0 cm³/mol. The summed E-state index contributed by atoms with van der Waals surface area (Å²) < 4.78 is 5.18. The second-order valence-corrected chi connectivity index (χ2v) is 7.30. The number of rotatable bonds is 6. The third-order valence-corrected chi connectivity index (χ3v) is 4.93. The minimum Gasteiger partial charge on any atom is -0.497 e. The monoisotopic (exact) mass is 332 g/mol. The lowest BCUT2D eigenvalue weighted by atomic mass is 9.79. The van der Waals surface area contributed by atoms with Crippen LogP contribution in [0.2, 0.25) is 0 Å². The maximum atomic E-state index is 12.8. The van der Waals surface area contributed by atoms with E-state index in [1.165, 1.54) is 0 Å². The normalized spacial score (nSPS) is 20.3. The second-order valence-electron chi connectivity index (χ2n) is 7.30. The maximum absolute atomic E-state index is 12.8. The van der Waals surface area contributed by atoms with E-state index in [1.54, 1.807) is 18.1 Å². The number of carbonyl (C=O) groups excluding carboxylic acids is 2. The molecule has 132 valence electrons. The summed E-state index contributed by atoms with van der Waals surface area (Å²) in [5.41, 5.74) is -0.551. The molecule has 1 aromatic rings. The van der Waals surface area contributed by atoms with Crippen LogP contribution in [-0.2, 0) is 9.59 Å². The number of likely N-dealkylation sites (tertiary alicyclic amines) is 1. The highest BCUT2D eigenvalue weighted by atomic mass is 16.5. The van der Waals surface area contributed by atoms with Crippen molar-refractivity contribution in [2.24, 2.45) is 5.41 Å². The van der Waals surface area contributed by atoms with Crippen molar-refractivity contribution in [2.45, 2.75) is 52.5 Å². The van der Waals surface area contributed by atoms with E-state index in [4.69, 9.17) is 4.74 Å². The van der Waals surface area contributed by atoms with Crippen LogP contribution in [-0.4, -0.2) is 35.9 Å². The van der Waals surface area contributed by atoms with E-state index >= 15 is 0 Å². The maximum Gasteiger partial charge on any atom is 0.250 e. The number of carbonyl (C=O) groups is 2. The van der Waals surface area contributed by atoms with Crippen LogP contribution in [0.3, 0.4) is 0 Å². The zero-order valence-corrected chi connectivity index (χ0v) is 15.3. The summed E-state index contributed by atoms with van der Waals surface area (Å²) in [4.78, 5) is 27.3. The van der Waals surface area contributed by atoms with Crippen LogP contribution in [0.25, 0.3) is 0 Å². The Morgan fingerprint density at radius 2 is 2.08 bits per heavy atom. The number of ether oxygens (including phenoxy) is 1. The van der Waals surface area contributed by atoms with Gasteiger partial charge in [0, 0.05) is 23.7 Å². The number of amides is 2. The zero-order chi connectivity index (χ0) is 18.0. The molecule has 1 N–H and O–H groups in total. The molecule has 0 saturated carbocycles. The van der Waals surface area contributed by atoms with Gasteiger partial charge in [-0.25, -0.2) is 0 Å². The fourth-order valence-electron chi connectivity index (χ4n) is 3.18. The van der Waals surface area contributed by atoms with Gasteiger partial charge in [0.1, 0.15) is 11.3 Å². The third-order valence-electron chi connectivity index (χ3n) is 4.93. The Morgan fingerprint density at radius 1 is 1.38 bits per heavy atom. The Kier molecular flexibility index (Phi) is 5.21. The summed E-state index contributed by atoms with van der Waals surface area (Å²) in [6.45, 7) is 8.45. The Hall–Kier alpha value is -2.04. The standard InChI is InChI=1S/C19H28N2O3/c1-6-10-18(2,3)17(23)21-12-11-19(21,4)16(22)20-14-8-7-9-15(13-14)24-5/h7-9,13H,6,10-12H2,1-5H3,(H,20,22). The molecule has 5 heteroatoms. The van der Waals surface area contributed by atoms with Gasteiger partial charge < -0.3 is 15.0 Å². The minimum atomic E-state index is -0.787. The number of benzene rings is 1. The lowest BCUT2D eigenvalue weighted by Crippen LogP contribution is -2.68. The van der Waals surface area contributed by atoms with E-state index in [2.05, 4.69) is 12.2 Å². The first kappa shape index (κ1) is 18.3. The van der Waals surface area contributed by atoms with Crippen LogP contribution in [0.5, 0.6) is 5.75 Å². The van der Waals surface area contributed by atoms with Crippen molar-refractivity contribution >= 4 is 17.5 Å². The summed E-state index contributed by atoms with van der Waals surface area (Å²) in [6.07, 6.45) is 2.44. The number of nitrogens with zero attached hydrogens (tertiary/aromatic N) is 1. The molecule has 2 amide bonds. The average Bonchev–Trinajstić information content (AvgIpc) is 2.53. The van der Waals surface area contributed by atoms with Crippen LogP contribution in [0.4, 0.5) is 5.69 Å². The second kappa shape index (κ2) is 6.83. The first-order chi connectivity index (χ1) is 11.2. The van der Waals surface area contributed by atoms with Crippen molar-refractivity contribution in [1.82, 2.24) is 4.90 Å². The molecule has 2 rings (SSSR count). The lowest BCUT2D eigenvalue weighted by molar-refractivity contribution is -0.162. The molecule has 0 radical (unpaired) electrons. The molecule has 0 spiro atoms. The van der Waals surface area contributed by atoms with Crippen LogP contribution in [0.1, 0.15) is 47.0 Å². The van der Waals surface area contributed by atoms with Crippen molar-refractivity contribution in [3.05, 3.63) is 24.3 Å². The van der Waals surface area contributed by atoms with E-state index in [0.717, 1.165) is 12.8 Å². The van der Waals surface area contributed by atoms with Crippen LogP contribution in [0, 0.1) is 5.41 Å². The summed E-state index contributed by atoms with van der Waals surface area (Å²) in [5.74, 6) is 0.588. The molecular formula is C19H28N2O3. The van der Waals surface area contributed by atoms with Crippen molar-refractivity contribution in [1.29, 1.82) is 0 Å². The molecule has 1 aromatic carbocycles. The van der Waals surface area contributed by atoms with Crippen LogP contribution >= 0.6 is 0 Å². The van der Waals surface area contributed by atoms with Gasteiger partial charge in [0.05, 0.1) is 7.11 Å². The van der Waals surface area contributed by atoms with Gasteiger partial charge in [-0.15, -0.1) is 0 Å². The minimum absolute atomic E-state index is 0.0545. The molecule has 1 unspecified atom stereocenters. The highest BCUT2D eigenvalue weighted by molar-refractivity contribution is 6.02. The van der Waals surface area contributed by atoms with Gasteiger partial charge in [-0.2, -0.15) is 0 Å². The highest BCUT2D eigenvalue weighted by Crippen LogP contribution is 2.37. The molecular weight excluding hydrogens is 304 g/mol. The summed E-state index contributed by atoms with van der Waals surface area (Å²) in [7, 11) is 1.59. The Morgan fingerprint density at radius 3 is 2.62 bits per heavy atom. The molecule has 1 aliphatic rings. The van der Waals surface area contributed by atoms with Gasteiger partial charge in [0.15, 0.2) is 0 Å². The summed E-state index contributed by atoms with van der Waals surface area (Å²) in [6, 6.07) is 7.23. The van der Waals surface area contributed by atoms with Crippen molar-refractivity contribution in [3.8, 4) is 5.75 Å². The molecule has 1 atom stereocenters. The van der Waals surface area contributed by atoms with E-state index in [1.807, 2.05) is 39.0 Å². The molecule has 0 aromatic heterocycles. The average molecular weight is 332 g/mol. The SMILES string of the molecule is CCCC(C)(C)C(=O)N1CCC1(C)C(=O)Nc1cccc(OC)c1. The van der Waals surface area contributed by atoms with Crippen molar-refractivity contribution in [2.75, 3.05) is 19.0 Å². The van der Waals surface area contributed by atoms with Crippen molar-refractivity contribution in [3.63, 3.8) is 0 Å². The molecule has 1 aliphatic heterocycles. The van der Waals surface area contributed by atoms with Crippen LogP contribution < -0.4 is 10.1 Å². The third kappa shape index (κ3) is 3.40. The molecule has 5 nitrogen and oxygen atoms in total. The lowest BCUT2D eigenvalue weighted by Gasteiger charge is -2.51. The molecule has 24 heavy (non-hydrogen) atoms. The number of hydrogen-bond acceptors (Lipinski definition) is 3. The van der Waals surface area contributed by atoms with E-state index in [0.29, 0.717) is 24.4 Å². The van der Waals surface area contributed by atoms with Gasteiger partial charge in [0.2, 0.25) is 11.8 Å². The smallest absolute Gasteiger partial charge is 0.250 e. The molecule has 0 bridgehead atoms. The number of hydrogen-bond donors (Lipinski definition) is 1. The largest absolute Gasteiger partial charge is 0.497 e. The van der Waals surface area contributed by atoms with Gasteiger partial charge in [-0.3, -0.25) is 9.59 Å². The summed E-state index contributed by atoms with van der Waals surface area (Å²) >= 11 is 0. The summed E-state index contributed by atoms with van der Waals surface area (Å²) in [5, 5.41) is 2.91. The highest BCUT2D eigenvalue weighted by Gasteiger charge is 2.52. The Labute approximate surface area is 144 Å². The van der Waals surface area contributed by atoms with Crippen LogP contribution in [0.15, 0.2) is 24.3 Å². The molecule has 1 saturated heterocycles. The van der Waals surface area contributed by atoms with Crippen molar-refractivity contribution < 1.29 is 14.3 Å². The number of anilines is 1. The van der Waals surface area contributed by atoms with Gasteiger partial charge >= 0.3 is 0 Å². The topological polar surface area (TPSA) is 58.6 Å². The number of nitrogens with one attached hydrogen (secondary N) is 1. The molecule has 1 fully saturated rings. The van der Waals surface area contributed by atoms with E-state index < -0.39 is 11.0 Å². The quantitative estimate of drug-likeness (QED) is 0.868. The first-order valence-electron chi connectivity index (χ1n) is 8.52. The van der Waals surface area contributed by atoms with Gasteiger partial charge in [0.25, 0.3) is 0 Å². The predicted octanol–water partition coefficient (Wildman–Crippen LogP) is 3.45. The van der Waals surface area contributed by atoms with Gasteiger partial charge in [-0.05, 0) is 31.9 Å². The zero-order valence-electron chi connectivity index (χ0n) is 15.3.